The Balaban J connectivity index is 1.64. The van der Waals surface area contributed by atoms with E-state index >= 15 is 0 Å². The average Bonchev–Trinajstić information content (AvgIpc) is 3.21. The van der Waals surface area contributed by atoms with E-state index in [1.54, 1.807) is 24.6 Å². The molecule has 1 amide bonds. The maximum absolute atomic E-state index is 11.8. The number of ether oxygens (including phenoxy) is 3. The third kappa shape index (κ3) is 3.92. The fraction of sp³-hybridized carbons (Fsp3) is 0.533. The fourth-order valence-electron chi connectivity index (χ4n) is 3.65. The summed E-state index contributed by atoms with van der Waals surface area (Å²) in [5.41, 5.74) is 6.52. The highest BCUT2D eigenvalue weighted by atomic mass is 127. The number of fused-ring (bicyclic) bond motifs is 2. The van der Waals surface area contributed by atoms with Crippen molar-refractivity contribution >= 4 is 55.7 Å². The number of anilines is 1. The van der Waals surface area contributed by atoms with Crippen molar-refractivity contribution in [1.82, 2.24) is 24.0 Å². The number of halogens is 1. The van der Waals surface area contributed by atoms with Gasteiger partial charge in [-0.05, 0) is 36.4 Å². The van der Waals surface area contributed by atoms with Crippen molar-refractivity contribution in [3.8, 4) is 0 Å². The number of nitrogens with zero attached hydrogens (tertiary/aromatic N) is 3. The molecular weight excluding hydrogens is 535 g/mol. The van der Waals surface area contributed by atoms with Gasteiger partial charge in [0.15, 0.2) is 12.0 Å². The summed E-state index contributed by atoms with van der Waals surface area (Å²) in [5, 5.41) is 9.32. The number of hydrogen-bond acceptors (Lipinski definition) is 9. The monoisotopic (exact) mass is 554 g/mol. The van der Waals surface area contributed by atoms with E-state index in [-0.39, 0.29) is 6.54 Å². The van der Waals surface area contributed by atoms with Crippen LogP contribution in [0.4, 0.5) is 10.6 Å². The predicted octanol–water partition coefficient (Wildman–Crippen LogP) is 0.138. The van der Waals surface area contributed by atoms with Gasteiger partial charge in [-0.15, -0.1) is 0 Å². The van der Waals surface area contributed by atoms with Gasteiger partial charge >= 0.3 is 16.3 Å². The highest BCUT2D eigenvalue weighted by Crippen LogP contribution is 2.44. The maximum Gasteiger partial charge on any atom is 0.419 e. The summed E-state index contributed by atoms with van der Waals surface area (Å²) in [5.74, 6) is -0.594. The number of hydrogen-bond donors (Lipinski definition) is 4. The molecule has 2 aromatic heterocycles. The molecule has 30 heavy (non-hydrogen) atoms. The molecule has 2 fully saturated rings. The molecule has 4 heterocycles. The van der Waals surface area contributed by atoms with Crippen LogP contribution in [0.3, 0.4) is 0 Å². The van der Waals surface area contributed by atoms with Crippen LogP contribution in [0.2, 0.25) is 0 Å². The number of nitrogens with one attached hydrogen (secondary N) is 2. The molecular formula is C15H19IN6O7S. The third-order valence-electron chi connectivity index (χ3n) is 4.69. The van der Waals surface area contributed by atoms with Gasteiger partial charge in [-0.2, -0.15) is 13.1 Å². The second kappa shape index (κ2) is 7.41. The Kier molecular flexibility index (Phi) is 5.30. The summed E-state index contributed by atoms with van der Waals surface area (Å²) in [6.45, 7) is 3.26. The molecule has 2 aliphatic heterocycles. The molecule has 164 valence electrons. The first-order valence-electron chi connectivity index (χ1n) is 8.75. The minimum atomic E-state index is -4.27. The topological polar surface area (TPSA) is 180 Å². The lowest BCUT2D eigenvalue weighted by molar-refractivity contribution is -0.195. The molecule has 0 unspecified atom stereocenters. The van der Waals surface area contributed by atoms with Gasteiger partial charge in [-0.3, -0.25) is 0 Å². The number of carboxylic acid groups (broad SMARTS) is 1. The molecule has 4 atom stereocenters. The summed E-state index contributed by atoms with van der Waals surface area (Å²) in [7, 11) is -4.27. The molecule has 13 nitrogen and oxygen atoms in total. The Labute approximate surface area is 184 Å². The number of nitrogen functional groups attached to an aromatic ring is 1. The Morgan fingerprint density at radius 3 is 2.77 bits per heavy atom. The van der Waals surface area contributed by atoms with Crippen LogP contribution in [0.25, 0.3) is 11.0 Å². The zero-order valence-electron chi connectivity index (χ0n) is 15.8. The lowest BCUT2D eigenvalue weighted by atomic mass is 10.1. The van der Waals surface area contributed by atoms with E-state index in [9.17, 15) is 13.2 Å². The highest BCUT2D eigenvalue weighted by molar-refractivity contribution is 14.1. The molecule has 4 rings (SSSR count). The Morgan fingerprint density at radius 2 is 2.07 bits per heavy atom. The second-order valence-electron chi connectivity index (χ2n) is 7.23. The summed E-state index contributed by atoms with van der Waals surface area (Å²) < 4.78 is 47.8. The van der Waals surface area contributed by atoms with Crippen molar-refractivity contribution < 1.29 is 32.5 Å². The van der Waals surface area contributed by atoms with E-state index < -0.39 is 46.6 Å². The highest BCUT2D eigenvalue weighted by Gasteiger charge is 2.56. The Bertz CT molecular complexity index is 1110. The number of aromatic nitrogens is 3. The second-order valence-corrected chi connectivity index (χ2v) is 9.89. The van der Waals surface area contributed by atoms with Gasteiger partial charge in [0.25, 0.3) is 0 Å². The van der Waals surface area contributed by atoms with Crippen molar-refractivity contribution in [3.63, 3.8) is 0 Å². The number of carbonyl (C=O) groups is 1. The van der Waals surface area contributed by atoms with Crippen LogP contribution in [0.1, 0.15) is 20.1 Å². The van der Waals surface area contributed by atoms with Crippen molar-refractivity contribution in [2.24, 2.45) is 0 Å². The first-order chi connectivity index (χ1) is 14.0. The summed E-state index contributed by atoms with van der Waals surface area (Å²) in [6, 6.07) is 0. The molecule has 0 radical (unpaired) electrons. The molecule has 0 aliphatic carbocycles. The molecule has 0 saturated carbocycles. The normalized spacial score (nSPS) is 28.0. The van der Waals surface area contributed by atoms with Gasteiger partial charge in [0.05, 0.1) is 5.39 Å². The summed E-state index contributed by atoms with van der Waals surface area (Å²) in [6.07, 6.45) is -1.16. The largest absolute Gasteiger partial charge is 0.464 e. The first-order valence-corrected chi connectivity index (χ1v) is 11.3. The standard InChI is InChI=1S/C15H19IN6O7S/c1-15(2)28-9-7(3-20-30(25,26)21-14(23)24)27-13(10(9)29-15)22-4-6(16)8-11(17)18-5-19-12(8)22/h4-5,7,9-10,13,20-21H,3H2,1-2H3,(H,23,24)(H2,17,18,19)/t7-,9-,10-,13-/m1/s1. The molecule has 2 aliphatic rings. The molecule has 15 heteroatoms. The molecule has 0 aromatic carbocycles. The number of amides is 1. The van der Waals surface area contributed by atoms with E-state index in [4.69, 9.17) is 25.1 Å². The Hall–Kier alpha value is -1.79. The van der Waals surface area contributed by atoms with E-state index in [0.717, 1.165) is 3.57 Å². The zero-order valence-corrected chi connectivity index (χ0v) is 18.7. The van der Waals surface area contributed by atoms with E-state index in [1.165, 1.54) is 11.0 Å². The van der Waals surface area contributed by atoms with Crippen molar-refractivity contribution in [3.05, 3.63) is 16.1 Å². The number of nitrogens with two attached hydrogens (primary N) is 1. The van der Waals surface area contributed by atoms with Crippen LogP contribution in [-0.4, -0.2) is 64.8 Å². The third-order valence-corrected chi connectivity index (χ3v) is 6.50. The van der Waals surface area contributed by atoms with Crippen molar-refractivity contribution in [2.45, 2.75) is 44.2 Å². The minimum Gasteiger partial charge on any atom is -0.464 e. The maximum atomic E-state index is 11.8. The smallest absolute Gasteiger partial charge is 0.419 e. The van der Waals surface area contributed by atoms with Crippen molar-refractivity contribution in [1.29, 1.82) is 0 Å². The first kappa shape index (κ1) is 21.4. The lowest BCUT2D eigenvalue weighted by Crippen LogP contribution is -2.45. The summed E-state index contributed by atoms with van der Waals surface area (Å²) in [4.78, 5) is 19.0. The van der Waals surface area contributed by atoms with Gasteiger partial charge in [-0.1, -0.05) is 0 Å². The van der Waals surface area contributed by atoms with E-state index in [0.29, 0.717) is 16.9 Å². The van der Waals surface area contributed by atoms with Gasteiger partial charge < -0.3 is 29.6 Å². The van der Waals surface area contributed by atoms with Crippen LogP contribution in [0.15, 0.2) is 12.5 Å². The molecule has 2 aromatic rings. The van der Waals surface area contributed by atoms with Crippen LogP contribution >= 0.6 is 22.6 Å². The Morgan fingerprint density at radius 1 is 1.37 bits per heavy atom. The molecule has 0 bridgehead atoms. The lowest BCUT2D eigenvalue weighted by Gasteiger charge is -2.25. The van der Waals surface area contributed by atoms with Gasteiger partial charge in [0, 0.05) is 16.3 Å². The average molecular weight is 554 g/mol. The molecule has 5 N–H and O–H groups in total. The van der Waals surface area contributed by atoms with E-state index in [1.807, 2.05) is 0 Å². The van der Waals surface area contributed by atoms with E-state index in [2.05, 4.69) is 37.3 Å². The molecule has 2 saturated heterocycles. The minimum absolute atomic E-state index is 0.229. The van der Waals surface area contributed by atoms with Crippen LogP contribution in [0, 0.1) is 3.57 Å². The SMILES string of the molecule is CC1(C)O[C@@H]2[C@H](O1)[C@@H](CNS(=O)(=O)NC(=O)O)O[C@H]2n1cc(I)c2c(N)ncnc21. The van der Waals surface area contributed by atoms with Crippen LogP contribution in [-0.2, 0) is 24.4 Å². The van der Waals surface area contributed by atoms with Gasteiger partial charge in [-0.25, -0.2) is 19.5 Å². The van der Waals surface area contributed by atoms with Gasteiger partial charge in [0.1, 0.15) is 36.1 Å². The van der Waals surface area contributed by atoms with Crippen molar-refractivity contribution in [2.75, 3.05) is 12.3 Å². The summed E-state index contributed by atoms with van der Waals surface area (Å²) >= 11 is 2.12. The van der Waals surface area contributed by atoms with Gasteiger partial charge in [0.2, 0.25) is 0 Å². The van der Waals surface area contributed by atoms with Crippen LogP contribution in [0.5, 0.6) is 0 Å². The quantitative estimate of drug-likeness (QED) is 0.372. The predicted molar refractivity (Wildman–Crippen MR) is 110 cm³/mol. The number of rotatable bonds is 5. The van der Waals surface area contributed by atoms with Crippen LogP contribution < -0.4 is 15.2 Å². The molecule has 0 spiro atoms. The zero-order chi connectivity index (χ0) is 21.8. The fourth-order valence-corrected chi connectivity index (χ4v) is 5.15.